The van der Waals surface area contributed by atoms with Crippen LogP contribution in [0.15, 0.2) is 0 Å². The van der Waals surface area contributed by atoms with Gasteiger partial charge in [0.25, 0.3) is 0 Å². The molecule has 0 aromatic heterocycles. The lowest BCUT2D eigenvalue weighted by molar-refractivity contribution is -0.183. The van der Waals surface area contributed by atoms with Gasteiger partial charge < -0.3 is 4.90 Å². The summed E-state index contributed by atoms with van der Waals surface area (Å²) >= 11 is 0. The lowest BCUT2D eigenvalue weighted by atomic mass is 9.97. The summed E-state index contributed by atoms with van der Waals surface area (Å²) in [5, 5.41) is 0. The molecule has 1 rings (SSSR count). The van der Waals surface area contributed by atoms with Gasteiger partial charge in [0.1, 0.15) is 0 Å². The van der Waals surface area contributed by atoms with Crippen LogP contribution in [0.4, 0.5) is 26.3 Å². The fourth-order valence-electron chi connectivity index (χ4n) is 2.18. The Morgan fingerprint density at radius 1 is 0.895 bits per heavy atom. The number of carbonyl (C=O) groups excluding carboxylic acids is 1. The molecule has 0 aromatic carbocycles. The fraction of sp³-hybridized carbons (Fsp3) is 0.909. The van der Waals surface area contributed by atoms with E-state index >= 15 is 0 Å². The second-order valence-corrected chi connectivity index (χ2v) is 4.72. The molecule has 1 heterocycles. The topological polar surface area (TPSA) is 20.3 Å². The number of alkyl halides is 6. The minimum absolute atomic E-state index is 0.241. The number of carbonyl (C=O) groups is 1. The monoisotopic (exact) mass is 291 g/mol. The maximum Gasteiger partial charge on any atom is 0.389 e. The third-order valence-corrected chi connectivity index (χ3v) is 2.97. The average Bonchev–Trinajstić information content (AvgIpc) is 2.24. The first-order valence-corrected chi connectivity index (χ1v) is 6.01. The van der Waals surface area contributed by atoms with E-state index in [1.807, 2.05) is 0 Å². The third-order valence-electron chi connectivity index (χ3n) is 2.97. The van der Waals surface area contributed by atoms with Crippen LogP contribution in [-0.4, -0.2) is 36.2 Å². The number of amides is 1. The second-order valence-electron chi connectivity index (χ2n) is 4.72. The molecule has 8 heteroatoms. The Bertz CT molecular complexity index is 289. The van der Waals surface area contributed by atoms with E-state index in [4.69, 9.17) is 0 Å². The van der Waals surface area contributed by atoms with Crippen molar-refractivity contribution in [3.8, 4) is 0 Å². The highest BCUT2D eigenvalue weighted by molar-refractivity contribution is 5.79. The van der Waals surface area contributed by atoms with Crippen LogP contribution in [0, 0.1) is 5.92 Å². The van der Waals surface area contributed by atoms with E-state index in [1.54, 1.807) is 0 Å². The summed E-state index contributed by atoms with van der Waals surface area (Å²) in [5.74, 6) is -3.09. The molecule has 1 aliphatic rings. The minimum atomic E-state index is -4.78. The molecule has 0 saturated carbocycles. The van der Waals surface area contributed by atoms with Crippen molar-refractivity contribution in [1.82, 2.24) is 4.90 Å². The van der Waals surface area contributed by atoms with E-state index in [-0.39, 0.29) is 13.1 Å². The first kappa shape index (κ1) is 16.1. The van der Waals surface area contributed by atoms with Crippen molar-refractivity contribution in [2.45, 2.75) is 44.5 Å². The number of halogens is 6. The molecular weight excluding hydrogens is 276 g/mol. The zero-order valence-corrected chi connectivity index (χ0v) is 10.2. The van der Waals surface area contributed by atoms with Gasteiger partial charge in [0, 0.05) is 13.1 Å². The Morgan fingerprint density at radius 2 is 1.32 bits per heavy atom. The Hall–Kier alpha value is -0.950. The van der Waals surface area contributed by atoms with Crippen LogP contribution in [0.1, 0.15) is 32.1 Å². The summed E-state index contributed by atoms with van der Waals surface area (Å²) in [5.41, 5.74) is 0. The van der Waals surface area contributed by atoms with Crippen LogP contribution in [0.5, 0.6) is 0 Å². The first-order chi connectivity index (χ1) is 8.58. The number of rotatable bonds is 3. The molecule has 0 aromatic rings. The van der Waals surface area contributed by atoms with Gasteiger partial charge in [0.2, 0.25) is 5.91 Å². The van der Waals surface area contributed by atoms with E-state index < -0.39 is 37.0 Å². The van der Waals surface area contributed by atoms with Crippen LogP contribution in [-0.2, 0) is 4.79 Å². The van der Waals surface area contributed by atoms with E-state index in [9.17, 15) is 31.1 Å². The molecule has 2 nitrogen and oxygen atoms in total. The van der Waals surface area contributed by atoms with Gasteiger partial charge in [-0.15, -0.1) is 0 Å². The molecule has 1 aliphatic heterocycles. The molecule has 19 heavy (non-hydrogen) atoms. The van der Waals surface area contributed by atoms with Crippen molar-refractivity contribution in [1.29, 1.82) is 0 Å². The normalized spacial score (nSPS) is 17.9. The van der Waals surface area contributed by atoms with Gasteiger partial charge in [-0.1, -0.05) is 0 Å². The molecule has 0 unspecified atom stereocenters. The molecule has 1 saturated heterocycles. The van der Waals surface area contributed by atoms with Gasteiger partial charge in [-0.25, -0.2) is 0 Å². The van der Waals surface area contributed by atoms with E-state index in [1.165, 1.54) is 0 Å². The molecule has 112 valence electrons. The Balaban J connectivity index is 2.73. The Kier molecular flexibility index (Phi) is 5.09. The SMILES string of the molecule is O=C(C(CC(F)(F)F)CC(F)(F)F)N1CCCCC1. The number of piperidine rings is 1. The summed E-state index contributed by atoms with van der Waals surface area (Å²) in [4.78, 5) is 12.9. The highest BCUT2D eigenvalue weighted by Crippen LogP contribution is 2.34. The molecule has 1 amide bonds. The van der Waals surface area contributed by atoms with Crippen LogP contribution in [0.3, 0.4) is 0 Å². The zero-order chi connectivity index (χ0) is 14.7. The van der Waals surface area contributed by atoms with Gasteiger partial charge in [0.05, 0.1) is 18.8 Å². The van der Waals surface area contributed by atoms with E-state index in [2.05, 4.69) is 0 Å². The van der Waals surface area contributed by atoms with Crippen molar-refractivity contribution >= 4 is 5.91 Å². The van der Waals surface area contributed by atoms with Crippen LogP contribution < -0.4 is 0 Å². The van der Waals surface area contributed by atoms with E-state index in [0.717, 1.165) is 11.3 Å². The third kappa shape index (κ3) is 6.15. The molecule has 0 N–H and O–H groups in total. The molecule has 0 spiro atoms. The quantitative estimate of drug-likeness (QED) is 0.729. The Morgan fingerprint density at radius 3 is 1.68 bits per heavy atom. The van der Waals surface area contributed by atoms with Gasteiger partial charge in [0.15, 0.2) is 0 Å². The van der Waals surface area contributed by atoms with Crippen LogP contribution in [0.2, 0.25) is 0 Å². The minimum Gasteiger partial charge on any atom is -0.342 e. The molecule has 0 atom stereocenters. The smallest absolute Gasteiger partial charge is 0.342 e. The number of likely N-dealkylation sites (tertiary alicyclic amines) is 1. The maximum absolute atomic E-state index is 12.3. The average molecular weight is 291 g/mol. The van der Waals surface area contributed by atoms with Gasteiger partial charge in [-0.05, 0) is 19.3 Å². The van der Waals surface area contributed by atoms with Gasteiger partial charge in [-0.2, -0.15) is 26.3 Å². The summed E-state index contributed by atoms with van der Waals surface area (Å²) in [6.07, 6.45) is -10.9. The number of nitrogens with zero attached hydrogens (tertiary/aromatic N) is 1. The second kappa shape index (κ2) is 6.00. The van der Waals surface area contributed by atoms with Gasteiger partial charge in [-0.3, -0.25) is 4.79 Å². The van der Waals surface area contributed by atoms with Crippen molar-refractivity contribution < 1.29 is 31.1 Å². The largest absolute Gasteiger partial charge is 0.389 e. The first-order valence-electron chi connectivity index (χ1n) is 6.01. The zero-order valence-electron chi connectivity index (χ0n) is 10.2. The fourth-order valence-corrected chi connectivity index (χ4v) is 2.18. The number of hydrogen-bond donors (Lipinski definition) is 0. The van der Waals surface area contributed by atoms with Crippen molar-refractivity contribution in [2.75, 3.05) is 13.1 Å². The summed E-state index contributed by atoms with van der Waals surface area (Å²) in [6, 6.07) is 0. The lowest BCUT2D eigenvalue weighted by Gasteiger charge is -2.31. The molecule has 0 aliphatic carbocycles. The highest BCUT2D eigenvalue weighted by Gasteiger charge is 2.43. The molecule has 1 fully saturated rings. The highest BCUT2D eigenvalue weighted by atomic mass is 19.4. The van der Waals surface area contributed by atoms with E-state index in [0.29, 0.717) is 12.8 Å². The standard InChI is InChI=1S/C11H15F6NO/c12-10(13,14)6-8(7-11(15,16)17)9(19)18-4-2-1-3-5-18/h8H,1-7H2. The summed E-state index contributed by atoms with van der Waals surface area (Å²) < 4.78 is 73.6. The summed E-state index contributed by atoms with van der Waals surface area (Å²) in [7, 11) is 0. The Labute approximate surface area is 106 Å². The molecule has 0 radical (unpaired) electrons. The molecule has 0 bridgehead atoms. The van der Waals surface area contributed by atoms with Crippen LogP contribution in [0.25, 0.3) is 0 Å². The van der Waals surface area contributed by atoms with Crippen molar-refractivity contribution in [3.05, 3.63) is 0 Å². The van der Waals surface area contributed by atoms with Crippen LogP contribution >= 0.6 is 0 Å². The van der Waals surface area contributed by atoms with Gasteiger partial charge >= 0.3 is 12.4 Å². The lowest BCUT2D eigenvalue weighted by Crippen LogP contribution is -2.42. The van der Waals surface area contributed by atoms with Crippen molar-refractivity contribution in [2.24, 2.45) is 5.92 Å². The summed E-state index contributed by atoms with van der Waals surface area (Å²) in [6.45, 7) is 0.482. The maximum atomic E-state index is 12.3. The predicted octanol–water partition coefficient (Wildman–Crippen LogP) is 3.52. The van der Waals surface area contributed by atoms with Crippen molar-refractivity contribution in [3.63, 3.8) is 0 Å². The number of hydrogen-bond acceptors (Lipinski definition) is 1. The molecular formula is C11H15F6NO. The predicted molar refractivity (Wildman–Crippen MR) is 55.3 cm³/mol.